The van der Waals surface area contributed by atoms with Crippen LogP contribution in [0.1, 0.15) is 32.1 Å². The van der Waals surface area contributed by atoms with E-state index < -0.39 is 0 Å². The van der Waals surface area contributed by atoms with Gasteiger partial charge in [0.05, 0.1) is 0 Å². The third-order valence-electron chi connectivity index (χ3n) is 4.54. The second-order valence-electron chi connectivity index (χ2n) is 5.86. The van der Waals surface area contributed by atoms with Crippen molar-refractivity contribution >= 4 is 0 Å². The van der Waals surface area contributed by atoms with Gasteiger partial charge in [-0.05, 0) is 50.0 Å². The van der Waals surface area contributed by atoms with E-state index in [2.05, 4.69) is 10.2 Å². The molecule has 3 fully saturated rings. The zero-order valence-electron chi connectivity index (χ0n) is 9.75. The van der Waals surface area contributed by atoms with Gasteiger partial charge < -0.3 is 10.2 Å². The Labute approximate surface area is 93.4 Å². The molecule has 3 aliphatic rings. The van der Waals surface area contributed by atoms with Gasteiger partial charge in [-0.25, -0.2) is 0 Å². The molecule has 2 aliphatic carbocycles. The predicted molar refractivity (Wildman–Crippen MR) is 62.9 cm³/mol. The van der Waals surface area contributed by atoms with Crippen LogP contribution in [-0.2, 0) is 0 Å². The Morgan fingerprint density at radius 1 is 1.00 bits per heavy atom. The van der Waals surface area contributed by atoms with Crippen molar-refractivity contribution in [2.24, 2.45) is 17.8 Å². The number of nitrogens with zero attached hydrogens (tertiary/aromatic N) is 1. The highest BCUT2D eigenvalue weighted by Gasteiger charge is 2.35. The fourth-order valence-electron chi connectivity index (χ4n) is 3.38. The Morgan fingerprint density at radius 2 is 1.73 bits per heavy atom. The standard InChI is InChI=1S/C13H24N2/c1-2-12-9-15(10-13(12)3-1)7-6-14-8-11-4-5-11/h11-14H,1-10H2. The van der Waals surface area contributed by atoms with E-state index in [0.717, 1.165) is 17.8 Å². The van der Waals surface area contributed by atoms with Crippen molar-refractivity contribution in [3.8, 4) is 0 Å². The van der Waals surface area contributed by atoms with E-state index in [4.69, 9.17) is 0 Å². The van der Waals surface area contributed by atoms with Crippen molar-refractivity contribution in [3.63, 3.8) is 0 Å². The van der Waals surface area contributed by atoms with Crippen LogP contribution in [0.3, 0.4) is 0 Å². The minimum absolute atomic E-state index is 1.03. The molecule has 1 N–H and O–H groups in total. The summed E-state index contributed by atoms with van der Waals surface area (Å²) >= 11 is 0. The van der Waals surface area contributed by atoms with E-state index in [0.29, 0.717) is 0 Å². The van der Waals surface area contributed by atoms with E-state index in [1.807, 2.05) is 0 Å². The largest absolute Gasteiger partial charge is 0.315 e. The van der Waals surface area contributed by atoms with Gasteiger partial charge in [0.2, 0.25) is 0 Å². The van der Waals surface area contributed by atoms with Crippen LogP contribution in [-0.4, -0.2) is 37.6 Å². The first-order valence-electron chi connectivity index (χ1n) is 6.85. The summed E-state index contributed by atoms with van der Waals surface area (Å²) in [6, 6.07) is 0. The number of hydrogen-bond acceptors (Lipinski definition) is 2. The van der Waals surface area contributed by atoms with Crippen LogP contribution in [0.5, 0.6) is 0 Å². The smallest absolute Gasteiger partial charge is 0.0107 e. The molecule has 0 amide bonds. The molecule has 1 heterocycles. The normalized spacial score (nSPS) is 36.0. The van der Waals surface area contributed by atoms with Gasteiger partial charge in [-0.3, -0.25) is 0 Å². The summed E-state index contributed by atoms with van der Waals surface area (Å²) in [6.07, 6.45) is 7.47. The molecular formula is C13H24N2. The molecule has 2 unspecified atom stereocenters. The van der Waals surface area contributed by atoms with Gasteiger partial charge in [0.25, 0.3) is 0 Å². The molecule has 3 rings (SSSR count). The van der Waals surface area contributed by atoms with E-state index in [1.54, 1.807) is 0 Å². The lowest BCUT2D eigenvalue weighted by molar-refractivity contribution is 0.309. The van der Waals surface area contributed by atoms with Crippen LogP contribution in [0.15, 0.2) is 0 Å². The summed E-state index contributed by atoms with van der Waals surface area (Å²) in [6.45, 7) is 6.59. The van der Waals surface area contributed by atoms with Crippen molar-refractivity contribution in [3.05, 3.63) is 0 Å². The predicted octanol–water partition coefficient (Wildman–Crippen LogP) is 1.72. The van der Waals surface area contributed by atoms with Gasteiger partial charge in [0.1, 0.15) is 0 Å². The maximum Gasteiger partial charge on any atom is 0.0107 e. The highest BCUT2D eigenvalue weighted by molar-refractivity contribution is 4.88. The summed E-state index contributed by atoms with van der Waals surface area (Å²) < 4.78 is 0. The van der Waals surface area contributed by atoms with Crippen LogP contribution in [0, 0.1) is 17.8 Å². The SMILES string of the molecule is C1CC2CN(CCNCC3CC3)CC2C1. The Kier molecular flexibility index (Phi) is 2.98. The average molecular weight is 208 g/mol. The monoisotopic (exact) mass is 208 g/mol. The molecule has 0 bridgehead atoms. The van der Waals surface area contributed by atoms with Crippen molar-refractivity contribution in [1.82, 2.24) is 10.2 Å². The van der Waals surface area contributed by atoms with Gasteiger partial charge in [0.15, 0.2) is 0 Å². The van der Waals surface area contributed by atoms with Gasteiger partial charge in [-0.1, -0.05) is 6.42 Å². The third-order valence-corrected chi connectivity index (χ3v) is 4.54. The second-order valence-corrected chi connectivity index (χ2v) is 5.86. The maximum atomic E-state index is 3.60. The fourth-order valence-corrected chi connectivity index (χ4v) is 3.38. The van der Waals surface area contributed by atoms with Gasteiger partial charge >= 0.3 is 0 Å². The average Bonchev–Trinajstić information content (AvgIpc) is 2.81. The lowest BCUT2D eigenvalue weighted by Gasteiger charge is -2.16. The highest BCUT2D eigenvalue weighted by atomic mass is 15.2. The molecule has 1 aliphatic heterocycles. The van der Waals surface area contributed by atoms with Crippen LogP contribution >= 0.6 is 0 Å². The van der Waals surface area contributed by atoms with Crippen LogP contribution in [0.25, 0.3) is 0 Å². The minimum Gasteiger partial charge on any atom is -0.315 e. The summed E-state index contributed by atoms with van der Waals surface area (Å²) in [7, 11) is 0. The van der Waals surface area contributed by atoms with Crippen molar-refractivity contribution in [2.45, 2.75) is 32.1 Å². The van der Waals surface area contributed by atoms with E-state index in [-0.39, 0.29) is 0 Å². The molecule has 2 nitrogen and oxygen atoms in total. The summed E-state index contributed by atoms with van der Waals surface area (Å²) in [5, 5.41) is 3.60. The molecule has 15 heavy (non-hydrogen) atoms. The highest BCUT2D eigenvalue weighted by Crippen LogP contribution is 2.37. The van der Waals surface area contributed by atoms with Gasteiger partial charge in [0, 0.05) is 26.2 Å². The number of nitrogens with one attached hydrogen (secondary N) is 1. The lowest BCUT2D eigenvalue weighted by Crippen LogP contribution is -2.32. The van der Waals surface area contributed by atoms with Crippen molar-refractivity contribution < 1.29 is 0 Å². The number of fused-ring (bicyclic) bond motifs is 1. The summed E-state index contributed by atoms with van der Waals surface area (Å²) in [5.41, 5.74) is 0. The molecule has 2 heteroatoms. The Morgan fingerprint density at radius 3 is 2.40 bits per heavy atom. The number of rotatable bonds is 5. The van der Waals surface area contributed by atoms with Crippen molar-refractivity contribution in [1.29, 1.82) is 0 Å². The first-order chi connectivity index (χ1) is 7.42. The van der Waals surface area contributed by atoms with Gasteiger partial charge in [-0.15, -0.1) is 0 Å². The zero-order chi connectivity index (χ0) is 10.1. The molecule has 0 spiro atoms. The topological polar surface area (TPSA) is 15.3 Å². The quantitative estimate of drug-likeness (QED) is 0.692. The first kappa shape index (κ1) is 10.1. The molecule has 0 radical (unpaired) electrons. The van der Waals surface area contributed by atoms with E-state index >= 15 is 0 Å². The molecule has 2 atom stereocenters. The maximum absolute atomic E-state index is 3.60. The zero-order valence-corrected chi connectivity index (χ0v) is 9.75. The van der Waals surface area contributed by atoms with E-state index in [1.165, 1.54) is 64.8 Å². The molecule has 0 aromatic heterocycles. The fraction of sp³-hybridized carbons (Fsp3) is 1.00. The molecule has 0 aromatic carbocycles. The first-order valence-corrected chi connectivity index (χ1v) is 6.85. The third kappa shape index (κ3) is 2.54. The lowest BCUT2D eigenvalue weighted by atomic mass is 10.0. The van der Waals surface area contributed by atoms with E-state index in [9.17, 15) is 0 Å². The Hall–Kier alpha value is -0.0800. The molecule has 0 aromatic rings. The van der Waals surface area contributed by atoms with Crippen LogP contribution in [0.4, 0.5) is 0 Å². The molecule has 1 saturated heterocycles. The summed E-state index contributed by atoms with van der Waals surface area (Å²) in [5.74, 6) is 3.16. The van der Waals surface area contributed by atoms with Crippen molar-refractivity contribution in [2.75, 3.05) is 32.7 Å². The Bertz CT molecular complexity index is 201. The number of hydrogen-bond donors (Lipinski definition) is 1. The summed E-state index contributed by atoms with van der Waals surface area (Å²) in [4.78, 5) is 2.69. The Balaban J connectivity index is 1.31. The second kappa shape index (κ2) is 4.42. The molecular weight excluding hydrogens is 184 g/mol. The van der Waals surface area contributed by atoms with Crippen LogP contribution < -0.4 is 5.32 Å². The minimum atomic E-state index is 1.03. The van der Waals surface area contributed by atoms with Gasteiger partial charge in [-0.2, -0.15) is 0 Å². The number of likely N-dealkylation sites (tertiary alicyclic amines) is 1. The molecule has 2 saturated carbocycles. The molecule has 86 valence electrons. The van der Waals surface area contributed by atoms with Crippen LogP contribution in [0.2, 0.25) is 0 Å².